The van der Waals surface area contributed by atoms with Crippen LogP contribution in [0.1, 0.15) is 43.9 Å². The summed E-state index contributed by atoms with van der Waals surface area (Å²) in [6.07, 6.45) is 5.91. The maximum absolute atomic E-state index is 2.53. The zero-order valence-corrected chi connectivity index (χ0v) is 18.4. The molecule has 0 aromatic heterocycles. The third kappa shape index (κ3) is 4.03. The van der Waals surface area contributed by atoms with Crippen molar-refractivity contribution < 1.29 is 4.58 Å². The van der Waals surface area contributed by atoms with Crippen LogP contribution in [-0.2, 0) is 0 Å². The van der Waals surface area contributed by atoms with E-state index in [1.54, 1.807) is 0 Å². The van der Waals surface area contributed by atoms with Crippen molar-refractivity contribution in [3.63, 3.8) is 0 Å². The lowest BCUT2D eigenvalue weighted by molar-refractivity contribution is -0.469. The summed E-state index contributed by atoms with van der Waals surface area (Å²) < 4.78 is 2.53. The molecule has 0 amide bonds. The fourth-order valence-electron chi connectivity index (χ4n) is 5.13. The molecule has 2 unspecified atom stereocenters. The van der Waals surface area contributed by atoms with Gasteiger partial charge in [-0.1, -0.05) is 36.3 Å². The molecular weight excluding hydrogens is 330 g/mol. The molecule has 1 aromatic rings. The molecule has 146 valence electrons. The largest absolute Gasteiger partial charge is 0.305 e. The second-order valence-corrected chi connectivity index (χ2v) is 9.00. The van der Waals surface area contributed by atoms with Crippen molar-refractivity contribution in [1.82, 2.24) is 9.80 Å². The summed E-state index contributed by atoms with van der Waals surface area (Å²) >= 11 is 0. The minimum absolute atomic E-state index is 0.458. The van der Waals surface area contributed by atoms with Gasteiger partial charge in [0.25, 0.3) is 0 Å². The smallest absolute Gasteiger partial charge is 0.244 e. The van der Waals surface area contributed by atoms with Gasteiger partial charge in [0.1, 0.15) is 17.9 Å². The van der Waals surface area contributed by atoms with Crippen LogP contribution in [-0.4, -0.2) is 53.9 Å². The van der Waals surface area contributed by atoms with Crippen molar-refractivity contribution in [1.29, 1.82) is 0 Å². The van der Waals surface area contributed by atoms with E-state index >= 15 is 0 Å². The molecule has 27 heavy (non-hydrogen) atoms. The second-order valence-electron chi connectivity index (χ2n) is 9.00. The topological polar surface area (TPSA) is 9.49 Å². The van der Waals surface area contributed by atoms with Crippen LogP contribution in [0.4, 0.5) is 5.69 Å². The Morgan fingerprint density at radius 1 is 1.07 bits per heavy atom. The van der Waals surface area contributed by atoms with Crippen LogP contribution in [0, 0.1) is 26.7 Å². The molecule has 0 spiro atoms. The summed E-state index contributed by atoms with van der Waals surface area (Å²) in [5.41, 5.74) is 9.87. The maximum atomic E-state index is 2.53. The molecular formula is C24H36N3+. The predicted molar refractivity (Wildman–Crippen MR) is 116 cm³/mol. The van der Waals surface area contributed by atoms with E-state index in [0.717, 1.165) is 19.5 Å². The van der Waals surface area contributed by atoms with E-state index < -0.39 is 0 Å². The van der Waals surface area contributed by atoms with Gasteiger partial charge in [0, 0.05) is 12.5 Å². The van der Waals surface area contributed by atoms with Crippen molar-refractivity contribution in [2.24, 2.45) is 5.92 Å². The van der Waals surface area contributed by atoms with Gasteiger partial charge in [-0.15, -0.1) is 0 Å². The first kappa shape index (κ1) is 19.9. The minimum atomic E-state index is 0.458. The standard InChI is InChI=1S/C24H36N3/c1-16-9-18(3)23(19(4)10-16)26-14-22(13-25(7)8)27(15-26)24-20(5)11-17(2)12-21(24)6/h9,11-12,15,19,22H,10,13-14H2,1-8H3/q+1. The Balaban J connectivity index is 2.07. The van der Waals surface area contributed by atoms with Crippen LogP contribution >= 0.6 is 0 Å². The Labute approximate surface area is 165 Å². The van der Waals surface area contributed by atoms with Crippen LogP contribution in [0.3, 0.4) is 0 Å². The summed E-state index contributed by atoms with van der Waals surface area (Å²) in [6, 6.07) is 5.08. The Kier molecular flexibility index (Phi) is 5.62. The summed E-state index contributed by atoms with van der Waals surface area (Å²) in [5, 5.41) is 0. The van der Waals surface area contributed by atoms with Gasteiger partial charge in [-0.2, -0.15) is 0 Å². The lowest BCUT2D eigenvalue weighted by Crippen LogP contribution is -2.36. The number of aryl methyl sites for hydroxylation is 3. The average molecular weight is 367 g/mol. The molecule has 3 heteroatoms. The molecule has 0 bridgehead atoms. The highest BCUT2D eigenvalue weighted by molar-refractivity contribution is 5.61. The van der Waals surface area contributed by atoms with Crippen molar-refractivity contribution in [3.05, 3.63) is 51.7 Å². The third-order valence-electron chi connectivity index (χ3n) is 5.81. The maximum Gasteiger partial charge on any atom is 0.244 e. The van der Waals surface area contributed by atoms with E-state index in [9.17, 15) is 0 Å². The van der Waals surface area contributed by atoms with Gasteiger partial charge in [-0.25, -0.2) is 9.48 Å². The Morgan fingerprint density at radius 3 is 2.26 bits per heavy atom. The molecule has 1 aliphatic carbocycles. The molecule has 1 heterocycles. The zero-order chi connectivity index (χ0) is 19.9. The van der Waals surface area contributed by atoms with Gasteiger partial charge in [-0.3, -0.25) is 0 Å². The molecule has 0 radical (unpaired) electrons. The third-order valence-corrected chi connectivity index (χ3v) is 5.81. The quantitative estimate of drug-likeness (QED) is 0.709. The second kappa shape index (κ2) is 7.63. The Bertz CT molecular complexity index is 803. The SMILES string of the molecule is CC1=CC(C)=C(N2C=[N+](c3c(C)cc(C)cc3C)C(CN(C)C)C2)C(C)C1. The molecule has 0 saturated carbocycles. The van der Waals surface area contributed by atoms with E-state index in [-0.39, 0.29) is 0 Å². The van der Waals surface area contributed by atoms with Crippen LogP contribution < -0.4 is 0 Å². The highest BCUT2D eigenvalue weighted by Gasteiger charge is 2.38. The lowest BCUT2D eigenvalue weighted by Gasteiger charge is -2.25. The minimum Gasteiger partial charge on any atom is -0.305 e. The number of hydrogen-bond acceptors (Lipinski definition) is 2. The van der Waals surface area contributed by atoms with Crippen LogP contribution in [0.25, 0.3) is 0 Å². The Morgan fingerprint density at radius 2 is 1.70 bits per heavy atom. The highest BCUT2D eigenvalue weighted by atomic mass is 15.3. The van der Waals surface area contributed by atoms with Gasteiger partial charge in [0.15, 0.2) is 6.04 Å². The normalized spacial score (nSPS) is 23.2. The fourth-order valence-corrected chi connectivity index (χ4v) is 5.13. The molecule has 3 rings (SSSR count). The summed E-state index contributed by atoms with van der Waals surface area (Å²) in [4.78, 5) is 4.83. The van der Waals surface area contributed by atoms with E-state index in [1.165, 1.54) is 39.2 Å². The molecule has 0 N–H and O–H groups in total. The summed E-state index contributed by atoms with van der Waals surface area (Å²) in [6.45, 7) is 15.7. The molecule has 2 atom stereocenters. The molecule has 3 nitrogen and oxygen atoms in total. The van der Waals surface area contributed by atoms with Crippen molar-refractivity contribution in [2.45, 2.75) is 54.0 Å². The molecule has 1 aliphatic heterocycles. The van der Waals surface area contributed by atoms with Crippen molar-refractivity contribution in [2.75, 3.05) is 27.2 Å². The van der Waals surface area contributed by atoms with Gasteiger partial charge in [0.05, 0.1) is 0 Å². The van der Waals surface area contributed by atoms with Crippen molar-refractivity contribution >= 4 is 12.0 Å². The number of nitrogens with zero attached hydrogens (tertiary/aromatic N) is 3. The number of hydrogen-bond donors (Lipinski definition) is 0. The first-order valence-corrected chi connectivity index (χ1v) is 10.2. The number of rotatable bonds is 4. The monoisotopic (exact) mass is 366 g/mol. The van der Waals surface area contributed by atoms with E-state index in [4.69, 9.17) is 0 Å². The van der Waals surface area contributed by atoms with Gasteiger partial charge < -0.3 is 4.90 Å². The molecule has 0 fully saturated rings. The number of benzene rings is 1. The number of likely N-dealkylation sites (N-methyl/N-ethyl adjacent to an activating group) is 1. The lowest BCUT2D eigenvalue weighted by atomic mass is 9.89. The predicted octanol–water partition coefficient (Wildman–Crippen LogP) is 4.79. The first-order valence-electron chi connectivity index (χ1n) is 10.2. The Hall–Kier alpha value is -1.87. The van der Waals surface area contributed by atoms with E-state index in [0.29, 0.717) is 12.0 Å². The van der Waals surface area contributed by atoms with Gasteiger partial charge >= 0.3 is 0 Å². The molecule has 2 aliphatic rings. The van der Waals surface area contributed by atoms with E-state index in [2.05, 4.69) is 94.6 Å². The first-order chi connectivity index (χ1) is 12.7. The summed E-state index contributed by atoms with van der Waals surface area (Å²) in [7, 11) is 4.35. The fraction of sp³-hybridized carbons (Fsp3) is 0.542. The van der Waals surface area contributed by atoms with Crippen LogP contribution in [0.2, 0.25) is 0 Å². The van der Waals surface area contributed by atoms with Crippen LogP contribution in [0.15, 0.2) is 35.1 Å². The van der Waals surface area contributed by atoms with Gasteiger partial charge in [0.2, 0.25) is 6.34 Å². The average Bonchev–Trinajstić information content (AvgIpc) is 2.87. The highest BCUT2D eigenvalue weighted by Crippen LogP contribution is 2.34. The van der Waals surface area contributed by atoms with Crippen molar-refractivity contribution in [3.8, 4) is 0 Å². The number of allylic oxidation sites excluding steroid dienone is 4. The van der Waals surface area contributed by atoms with E-state index in [1.807, 2.05) is 0 Å². The summed E-state index contributed by atoms with van der Waals surface area (Å²) in [5.74, 6) is 0.575. The van der Waals surface area contributed by atoms with Gasteiger partial charge in [-0.05, 0) is 71.8 Å². The molecule has 1 aromatic carbocycles. The van der Waals surface area contributed by atoms with Crippen LogP contribution in [0.5, 0.6) is 0 Å². The zero-order valence-electron chi connectivity index (χ0n) is 18.4. The molecule has 0 saturated heterocycles.